The Balaban J connectivity index is 1.48. The number of hydrogen-bond donors (Lipinski definition) is 2. The van der Waals surface area contributed by atoms with Crippen molar-refractivity contribution in [3.8, 4) is 11.5 Å². The van der Waals surface area contributed by atoms with Crippen molar-refractivity contribution < 1.29 is 14.3 Å². The Morgan fingerprint density at radius 1 is 0.964 bits per heavy atom. The van der Waals surface area contributed by atoms with Crippen molar-refractivity contribution in [2.24, 2.45) is 0 Å². The number of para-hydroxylation sites is 2. The number of anilines is 2. The largest absolute Gasteiger partial charge is 0.493 e. The van der Waals surface area contributed by atoms with Crippen LogP contribution in [0.3, 0.4) is 0 Å². The molecule has 1 heterocycles. The van der Waals surface area contributed by atoms with E-state index in [1.165, 1.54) is 5.56 Å². The molecule has 3 aromatic rings. The van der Waals surface area contributed by atoms with Gasteiger partial charge in [0.15, 0.2) is 23.9 Å². The highest BCUT2D eigenvalue weighted by atomic mass is 16.5. The second-order valence-electron chi connectivity index (χ2n) is 6.13. The van der Waals surface area contributed by atoms with Gasteiger partial charge in [0.2, 0.25) is 0 Å². The zero-order valence-electron chi connectivity index (χ0n) is 15.8. The molecule has 0 bridgehead atoms. The number of nitrogens with one attached hydrogen (secondary N) is 2. The third-order valence-corrected chi connectivity index (χ3v) is 3.92. The Morgan fingerprint density at radius 2 is 1.71 bits per heavy atom. The third-order valence-electron chi connectivity index (χ3n) is 3.92. The SMILES string of the molecule is COc1ccccc1OCC(=O)Nc1ccc(NCc2cccc(C)c2)nn1. The van der Waals surface area contributed by atoms with Crippen molar-refractivity contribution in [1.29, 1.82) is 0 Å². The van der Waals surface area contributed by atoms with E-state index in [2.05, 4.69) is 39.9 Å². The van der Waals surface area contributed by atoms with Gasteiger partial charge >= 0.3 is 0 Å². The maximum atomic E-state index is 12.1. The molecule has 3 rings (SSSR count). The quantitative estimate of drug-likeness (QED) is 0.625. The molecule has 0 saturated heterocycles. The van der Waals surface area contributed by atoms with Gasteiger partial charge in [-0.15, -0.1) is 10.2 Å². The molecule has 28 heavy (non-hydrogen) atoms. The fourth-order valence-electron chi connectivity index (χ4n) is 2.57. The summed E-state index contributed by atoms with van der Waals surface area (Å²) in [6, 6.07) is 18.8. The summed E-state index contributed by atoms with van der Waals surface area (Å²) < 4.78 is 10.7. The van der Waals surface area contributed by atoms with Crippen molar-refractivity contribution in [3.05, 3.63) is 71.8 Å². The van der Waals surface area contributed by atoms with Crippen molar-refractivity contribution in [2.45, 2.75) is 13.5 Å². The minimum Gasteiger partial charge on any atom is -0.493 e. The first-order valence-electron chi connectivity index (χ1n) is 8.83. The molecule has 0 aliphatic rings. The first kappa shape index (κ1) is 19.2. The minimum atomic E-state index is -0.333. The fraction of sp³-hybridized carbons (Fsp3) is 0.190. The minimum absolute atomic E-state index is 0.157. The van der Waals surface area contributed by atoms with Crippen LogP contribution in [-0.4, -0.2) is 29.8 Å². The molecule has 0 aliphatic heterocycles. The van der Waals surface area contributed by atoms with Crippen LogP contribution in [0.15, 0.2) is 60.7 Å². The van der Waals surface area contributed by atoms with Crippen LogP contribution in [0.5, 0.6) is 11.5 Å². The van der Waals surface area contributed by atoms with Crippen LogP contribution in [0.2, 0.25) is 0 Å². The molecule has 0 fully saturated rings. The summed E-state index contributed by atoms with van der Waals surface area (Å²) in [5.74, 6) is 1.72. The summed E-state index contributed by atoms with van der Waals surface area (Å²) >= 11 is 0. The molecule has 2 aromatic carbocycles. The van der Waals surface area contributed by atoms with Crippen LogP contribution in [0, 0.1) is 6.92 Å². The summed E-state index contributed by atoms with van der Waals surface area (Å²) in [6.07, 6.45) is 0. The smallest absolute Gasteiger partial charge is 0.263 e. The van der Waals surface area contributed by atoms with Crippen LogP contribution in [0.1, 0.15) is 11.1 Å². The molecule has 0 saturated carbocycles. The third kappa shape index (κ3) is 5.44. The molecule has 2 N–H and O–H groups in total. The molecule has 0 aliphatic carbocycles. The maximum Gasteiger partial charge on any atom is 0.263 e. The van der Waals surface area contributed by atoms with E-state index in [4.69, 9.17) is 9.47 Å². The molecule has 144 valence electrons. The van der Waals surface area contributed by atoms with Crippen molar-refractivity contribution >= 4 is 17.5 Å². The van der Waals surface area contributed by atoms with Gasteiger partial charge in [-0.1, -0.05) is 42.0 Å². The van der Waals surface area contributed by atoms with Gasteiger partial charge < -0.3 is 20.1 Å². The number of ether oxygens (including phenoxy) is 2. The predicted octanol–water partition coefficient (Wildman–Crippen LogP) is 3.42. The summed E-state index contributed by atoms with van der Waals surface area (Å²) in [4.78, 5) is 12.1. The number of carbonyl (C=O) groups is 1. The van der Waals surface area contributed by atoms with E-state index >= 15 is 0 Å². The lowest BCUT2D eigenvalue weighted by molar-refractivity contribution is -0.118. The molecule has 0 radical (unpaired) electrons. The Hall–Kier alpha value is -3.61. The van der Waals surface area contributed by atoms with Crippen LogP contribution >= 0.6 is 0 Å². The van der Waals surface area contributed by atoms with Gasteiger partial charge in [0.05, 0.1) is 7.11 Å². The van der Waals surface area contributed by atoms with Crippen LogP contribution in [0.25, 0.3) is 0 Å². The number of rotatable bonds is 8. The Labute approximate surface area is 163 Å². The normalized spacial score (nSPS) is 10.2. The van der Waals surface area contributed by atoms with Crippen LogP contribution in [0.4, 0.5) is 11.6 Å². The van der Waals surface area contributed by atoms with Crippen LogP contribution < -0.4 is 20.1 Å². The lowest BCUT2D eigenvalue weighted by Crippen LogP contribution is -2.21. The second kappa shape index (κ2) is 9.36. The Bertz CT molecular complexity index is 929. The number of aromatic nitrogens is 2. The number of aryl methyl sites for hydroxylation is 1. The zero-order valence-corrected chi connectivity index (χ0v) is 15.8. The van der Waals surface area contributed by atoms with Gasteiger partial charge in [0.1, 0.15) is 5.82 Å². The summed E-state index contributed by atoms with van der Waals surface area (Å²) in [7, 11) is 1.55. The number of benzene rings is 2. The Kier molecular flexibility index (Phi) is 6.41. The number of carbonyl (C=O) groups excluding carboxylic acids is 1. The van der Waals surface area contributed by atoms with Crippen molar-refractivity contribution in [3.63, 3.8) is 0 Å². The average Bonchev–Trinajstić information content (AvgIpc) is 2.72. The first-order valence-corrected chi connectivity index (χ1v) is 8.83. The van der Waals surface area contributed by atoms with Gasteiger partial charge in [-0.2, -0.15) is 0 Å². The molecule has 1 amide bonds. The van der Waals surface area contributed by atoms with E-state index in [0.717, 1.165) is 5.56 Å². The van der Waals surface area contributed by atoms with Crippen LogP contribution in [-0.2, 0) is 11.3 Å². The van der Waals surface area contributed by atoms with E-state index in [-0.39, 0.29) is 12.5 Å². The highest BCUT2D eigenvalue weighted by Gasteiger charge is 2.08. The molecule has 7 heteroatoms. The molecule has 0 spiro atoms. The highest BCUT2D eigenvalue weighted by Crippen LogP contribution is 2.25. The standard InChI is InChI=1S/C21H22N4O3/c1-15-6-5-7-16(12-15)13-22-19-10-11-20(25-24-19)23-21(26)14-28-18-9-4-3-8-17(18)27-2/h3-12H,13-14H2,1-2H3,(H,22,24)(H,23,25,26). The molecule has 1 aromatic heterocycles. The van der Waals surface area contributed by atoms with Gasteiger partial charge in [-0.05, 0) is 36.8 Å². The van der Waals surface area contributed by atoms with E-state index in [1.54, 1.807) is 31.4 Å². The number of amides is 1. The van der Waals surface area contributed by atoms with Gasteiger partial charge in [0, 0.05) is 6.54 Å². The first-order chi connectivity index (χ1) is 13.6. The van der Waals surface area contributed by atoms with Gasteiger partial charge in [-0.25, -0.2) is 0 Å². The Morgan fingerprint density at radius 3 is 2.43 bits per heavy atom. The molecular formula is C21H22N4O3. The monoisotopic (exact) mass is 378 g/mol. The molecule has 0 atom stereocenters. The highest BCUT2D eigenvalue weighted by molar-refractivity contribution is 5.90. The van der Waals surface area contributed by atoms with Crippen molar-refractivity contribution in [2.75, 3.05) is 24.4 Å². The van der Waals surface area contributed by atoms with E-state index < -0.39 is 0 Å². The van der Waals surface area contributed by atoms with E-state index in [1.807, 2.05) is 24.3 Å². The van der Waals surface area contributed by atoms with Gasteiger partial charge in [-0.3, -0.25) is 4.79 Å². The fourth-order valence-corrected chi connectivity index (χ4v) is 2.57. The second-order valence-corrected chi connectivity index (χ2v) is 6.13. The molecular weight excluding hydrogens is 356 g/mol. The zero-order chi connectivity index (χ0) is 19.8. The maximum absolute atomic E-state index is 12.1. The number of nitrogens with zero attached hydrogens (tertiary/aromatic N) is 2. The van der Waals surface area contributed by atoms with E-state index in [9.17, 15) is 4.79 Å². The predicted molar refractivity (Wildman–Crippen MR) is 108 cm³/mol. The summed E-state index contributed by atoms with van der Waals surface area (Å²) in [5, 5.41) is 13.9. The molecule has 7 nitrogen and oxygen atoms in total. The number of hydrogen-bond acceptors (Lipinski definition) is 6. The van der Waals surface area contributed by atoms with Crippen molar-refractivity contribution in [1.82, 2.24) is 10.2 Å². The molecule has 0 unspecified atom stereocenters. The average molecular weight is 378 g/mol. The number of methoxy groups -OCH3 is 1. The lowest BCUT2D eigenvalue weighted by Gasteiger charge is -2.10. The summed E-state index contributed by atoms with van der Waals surface area (Å²) in [5.41, 5.74) is 2.37. The van der Waals surface area contributed by atoms with Gasteiger partial charge in [0.25, 0.3) is 5.91 Å². The summed E-state index contributed by atoms with van der Waals surface area (Å²) in [6.45, 7) is 2.54. The topological polar surface area (TPSA) is 85.4 Å². The lowest BCUT2D eigenvalue weighted by atomic mass is 10.1. The van der Waals surface area contributed by atoms with E-state index in [0.29, 0.717) is 29.7 Å².